The van der Waals surface area contributed by atoms with Gasteiger partial charge < -0.3 is 10.2 Å². The Hall–Kier alpha value is -0.910. The molecule has 0 saturated carbocycles. The lowest BCUT2D eigenvalue weighted by atomic mass is 10.3. The molecule has 1 aliphatic rings. The van der Waals surface area contributed by atoms with E-state index >= 15 is 0 Å². The van der Waals surface area contributed by atoms with Gasteiger partial charge in [0.2, 0.25) is 0 Å². The van der Waals surface area contributed by atoms with Crippen LogP contribution in [-0.2, 0) is 0 Å². The first-order valence-corrected chi connectivity index (χ1v) is 6.87. The first kappa shape index (κ1) is 12.5. The molecule has 0 aliphatic carbocycles. The fraction of sp³-hybridized carbons (Fsp3) is 0.583. The van der Waals surface area contributed by atoms with Crippen LogP contribution in [0.1, 0.15) is 9.67 Å². The van der Waals surface area contributed by atoms with E-state index in [1.165, 1.54) is 11.3 Å². The number of hydrogen-bond acceptors (Lipinski definition) is 4. The molecule has 0 unspecified atom stereocenters. The first-order chi connectivity index (χ1) is 8.27. The van der Waals surface area contributed by atoms with Crippen LogP contribution in [-0.4, -0.2) is 62.0 Å². The van der Waals surface area contributed by atoms with Gasteiger partial charge in [0.1, 0.15) is 0 Å². The summed E-state index contributed by atoms with van der Waals surface area (Å²) in [6, 6.07) is 3.80. The predicted octanol–water partition coefficient (Wildman–Crippen LogP) is 0.725. The summed E-state index contributed by atoms with van der Waals surface area (Å²) >= 11 is 1.51. The Bertz CT molecular complexity index is 347. The Labute approximate surface area is 106 Å². The van der Waals surface area contributed by atoms with Gasteiger partial charge in [0.05, 0.1) is 4.88 Å². The molecule has 1 amide bonds. The Balaban J connectivity index is 1.76. The van der Waals surface area contributed by atoms with Gasteiger partial charge in [-0.1, -0.05) is 6.07 Å². The van der Waals surface area contributed by atoms with Crippen molar-refractivity contribution in [2.24, 2.45) is 0 Å². The van der Waals surface area contributed by atoms with Crippen molar-refractivity contribution in [1.82, 2.24) is 15.1 Å². The van der Waals surface area contributed by atoms with Crippen molar-refractivity contribution in [1.29, 1.82) is 0 Å². The van der Waals surface area contributed by atoms with Crippen molar-refractivity contribution in [3.8, 4) is 0 Å². The number of carbonyl (C=O) groups excluding carboxylic acids is 1. The molecular formula is C12H19N3OS. The number of carbonyl (C=O) groups is 1. The summed E-state index contributed by atoms with van der Waals surface area (Å²) in [5, 5.41) is 5.27. The summed E-state index contributed by atoms with van der Waals surface area (Å²) in [6.07, 6.45) is 0. The first-order valence-electron chi connectivity index (χ1n) is 5.99. The zero-order valence-electron chi connectivity index (χ0n) is 10.2. The van der Waals surface area contributed by atoms with Gasteiger partial charge in [-0.05, 0) is 11.4 Å². The minimum Gasteiger partial charge on any atom is -0.340 e. The molecule has 2 heterocycles. The molecule has 94 valence electrons. The molecule has 0 atom stereocenters. The maximum Gasteiger partial charge on any atom is 0.263 e. The molecule has 5 heteroatoms. The topological polar surface area (TPSA) is 35.6 Å². The molecular weight excluding hydrogens is 234 g/mol. The molecule has 1 aromatic rings. The highest BCUT2D eigenvalue weighted by Gasteiger charge is 2.14. The summed E-state index contributed by atoms with van der Waals surface area (Å²) in [5.41, 5.74) is 0. The third-order valence-corrected chi connectivity index (χ3v) is 3.90. The van der Waals surface area contributed by atoms with E-state index in [9.17, 15) is 4.79 Å². The number of nitrogens with zero attached hydrogens (tertiary/aromatic N) is 2. The highest BCUT2D eigenvalue weighted by atomic mass is 32.1. The third kappa shape index (κ3) is 3.52. The zero-order valence-corrected chi connectivity index (χ0v) is 11.0. The van der Waals surface area contributed by atoms with Crippen molar-refractivity contribution >= 4 is 17.2 Å². The molecule has 1 aromatic heterocycles. The normalized spacial score (nSPS) is 17.0. The van der Waals surface area contributed by atoms with E-state index in [2.05, 4.69) is 10.2 Å². The van der Waals surface area contributed by atoms with Crippen LogP contribution >= 0.6 is 11.3 Å². The molecule has 17 heavy (non-hydrogen) atoms. The van der Waals surface area contributed by atoms with E-state index in [0.717, 1.165) is 44.1 Å². The predicted molar refractivity (Wildman–Crippen MR) is 70.6 cm³/mol. The van der Waals surface area contributed by atoms with Crippen LogP contribution in [0.15, 0.2) is 17.5 Å². The second-order valence-corrected chi connectivity index (χ2v) is 5.24. The molecule has 0 radical (unpaired) electrons. The van der Waals surface area contributed by atoms with Gasteiger partial charge in [0.25, 0.3) is 5.91 Å². The van der Waals surface area contributed by atoms with Crippen LogP contribution in [0.5, 0.6) is 0 Å². The molecule has 1 fully saturated rings. The largest absolute Gasteiger partial charge is 0.340 e. The summed E-state index contributed by atoms with van der Waals surface area (Å²) in [4.78, 5) is 17.0. The zero-order chi connectivity index (χ0) is 12.1. The summed E-state index contributed by atoms with van der Waals surface area (Å²) < 4.78 is 0. The minimum absolute atomic E-state index is 0.134. The summed E-state index contributed by atoms with van der Waals surface area (Å²) in [7, 11) is 1.88. The van der Waals surface area contributed by atoms with Crippen LogP contribution in [0, 0.1) is 0 Å². The van der Waals surface area contributed by atoms with Gasteiger partial charge in [-0.25, -0.2) is 0 Å². The molecule has 0 aromatic carbocycles. The Morgan fingerprint density at radius 2 is 2.29 bits per heavy atom. The quantitative estimate of drug-likeness (QED) is 0.859. The summed E-state index contributed by atoms with van der Waals surface area (Å²) in [5.74, 6) is 0.134. The molecule has 1 aliphatic heterocycles. The lowest BCUT2D eigenvalue weighted by Crippen LogP contribution is -2.46. The van der Waals surface area contributed by atoms with Gasteiger partial charge in [-0.15, -0.1) is 11.3 Å². The Morgan fingerprint density at radius 3 is 2.94 bits per heavy atom. The van der Waals surface area contributed by atoms with E-state index in [0.29, 0.717) is 0 Å². The molecule has 0 spiro atoms. The standard InChI is InChI=1S/C12H19N3OS/c1-14(12(16)11-3-2-10-17-11)8-9-15-6-4-13-5-7-15/h2-3,10,13H,4-9H2,1H3. The van der Waals surface area contributed by atoms with Crippen LogP contribution < -0.4 is 5.32 Å². The van der Waals surface area contributed by atoms with E-state index in [-0.39, 0.29) is 5.91 Å². The highest BCUT2D eigenvalue weighted by Crippen LogP contribution is 2.10. The van der Waals surface area contributed by atoms with Gasteiger partial charge in [-0.3, -0.25) is 9.69 Å². The molecule has 0 bridgehead atoms. The van der Waals surface area contributed by atoms with Crippen molar-refractivity contribution in [2.75, 3.05) is 46.3 Å². The van der Waals surface area contributed by atoms with Gasteiger partial charge in [0, 0.05) is 46.3 Å². The van der Waals surface area contributed by atoms with Crippen molar-refractivity contribution in [3.63, 3.8) is 0 Å². The second kappa shape index (κ2) is 6.14. The van der Waals surface area contributed by atoms with E-state index in [1.54, 1.807) is 0 Å². The van der Waals surface area contributed by atoms with Crippen LogP contribution in [0.25, 0.3) is 0 Å². The smallest absolute Gasteiger partial charge is 0.263 e. The average Bonchev–Trinajstić information content (AvgIpc) is 2.90. The van der Waals surface area contributed by atoms with Crippen LogP contribution in [0.4, 0.5) is 0 Å². The number of likely N-dealkylation sites (N-methyl/N-ethyl adjacent to an activating group) is 1. The maximum absolute atomic E-state index is 12.0. The van der Waals surface area contributed by atoms with Crippen LogP contribution in [0.2, 0.25) is 0 Å². The SMILES string of the molecule is CN(CCN1CCNCC1)C(=O)c1cccs1. The van der Waals surface area contributed by atoms with Crippen molar-refractivity contribution in [3.05, 3.63) is 22.4 Å². The fourth-order valence-electron chi connectivity index (χ4n) is 1.92. The molecule has 2 rings (SSSR count). The van der Waals surface area contributed by atoms with Gasteiger partial charge in [-0.2, -0.15) is 0 Å². The number of thiophene rings is 1. The Kier molecular flexibility index (Phi) is 4.53. The minimum atomic E-state index is 0.134. The molecule has 1 saturated heterocycles. The lowest BCUT2D eigenvalue weighted by Gasteiger charge is -2.29. The number of hydrogen-bond donors (Lipinski definition) is 1. The fourth-order valence-corrected chi connectivity index (χ4v) is 2.63. The van der Waals surface area contributed by atoms with E-state index < -0.39 is 0 Å². The Morgan fingerprint density at radius 1 is 1.53 bits per heavy atom. The highest BCUT2D eigenvalue weighted by molar-refractivity contribution is 7.12. The monoisotopic (exact) mass is 253 g/mol. The molecule has 4 nitrogen and oxygen atoms in total. The van der Waals surface area contributed by atoms with Crippen LogP contribution in [0.3, 0.4) is 0 Å². The van der Waals surface area contributed by atoms with E-state index in [1.807, 2.05) is 29.5 Å². The second-order valence-electron chi connectivity index (χ2n) is 4.30. The summed E-state index contributed by atoms with van der Waals surface area (Å²) in [6.45, 7) is 6.05. The lowest BCUT2D eigenvalue weighted by molar-refractivity contribution is 0.0779. The van der Waals surface area contributed by atoms with Crippen molar-refractivity contribution in [2.45, 2.75) is 0 Å². The number of piperazine rings is 1. The van der Waals surface area contributed by atoms with Gasteiger partial charge >= 0.3 is 0 Å². The number of nitrogens with one attached hydrogen (secondary N) is 1. The van der Waals surface area contributed by atoms with Gasteiger partial charge in [0.15, 0.2) is 0 Å². The number of amides is 1. The van der Waals surface area contributed by atoms with Crippen molar-refractivity contribution < 1.29 is 4.79 Å². The van der Waals surface area contributed by atoms with E-state index in [4.69, 9.17) is 0 Å². The molecule has 1 N–H and O–H groups in total. The average molecular weight is 253 g/mol. The third-order valence-electron chi connectivity index (χ3n) is 3.04. The number of rotatable bonds is 4. The maximum atomic E-state index is 12.0.